The lowest BCUT2D eigenvalue weighted by Crippen LogP contribution is -2.34. The molecule has 0 fully saturated rings. The van der Waals surface area contributed by atoms with Crippen LogP contribution in [-0.4, -0.2) is 25.4 Å². The Morgan fingerprint density at radius 2 is 2.22 bits per heavy atom. The van der Waals surface area contributed by atoms with Gasteiger partial charge in [-0.2, -0.15) is 0 Å². The van der Waals surface area contributed by atoms with Crippen molar-refractivity contribution in [3.05, 3.63) is 34.3 Å². The van der Waals surface area contributed by atoms with E-state index in [1.165, 1.54) is 29.5 Å². The molecule has 2 N–H and O–H groups in total. The predicted molar refractivity (Wildman–Crippen MR) is 86.0 cm³/mol. The SMILES string of the molecule is Cc1nc(CNS(=O)(=O)c2ccc3c(c2)O[C@H](C)C(=O)N3)cs1. The fourth-order valence-electron chi connectivity index (χ4n) is 2.09. The lowest BCUT2D eigenvalue weighted by atomic mass is 10.2. The van der Waals surface area contributed by atoms with E-state index in [1.54, 1.807) is 6.92 Å². The van der Waals surface area contributed by atoms with E-state index in [1.807, 2.05) is 12.3 Å². The fraction of sp³-hybridized carbons (Fsp3) is 0.286. The highest BCUT2D eigenvalue weighted by Gasteiger charge is 2.25. The van der Waals surface area contributed by atoms with E-state index >= 15 is 0 Å². The van der Waals surface area contributed by atoms with Crippen LogP contribution in [0.15, 0.2) is 28.5 Å². The number of amides is 1. The Hall–Kier alpha value is -1.97. The van der Waals surface area contributed by atoms with Crippen LogP contribution in [-0.2, 0) is 21.4 Å². The maximum absolute atomic E-state index is 12.4. The third-order valence-corrected chi connectivity index (χ3v) is 5.53. The summed E-state index contributed by atoms with van der Waals surface area (Å²) >= 11 is 1.46. The number of carbonyl (C=O) groups is 1. The molecule has 1 aromatic carbocycles. The molecule has 122 valence electrons. The van der Waals surface area contributed by atoms with Crippen molar-refractivity contribution in [1.82, 2.24) is 9.71 Å². The molecule has 9 heteroatoms. The van der Waals surface area contributed by atoms with Crippen molar-refractivity contribution in [2.75, 3.05) is 5.32 Å². The van der Waals surface area contributed by atoms with E-state index in [2.05, 4.69) is 15.0 Å². The Balaban J connectivity index is 1.80. The van der Waals surface area contributed by atoms with Crippen molar-refractivity contribution in [2.45, 2.75) is 31.4 Å². The molecule has 1 aliphatic heterocycles. The standard InChI is InChI=1S/C14H15N3O4S2/c1-8-14(18)17-12-4-3-11(5-13(12)21-8)23(19,20)15-6-10-7-22-9(2)16-10/h3-5,7-8,15H,6H2,1-2H3,(H,17,18)/t8-/m1/s1. The maximum atomic E-state index is 12.4. The van der Waals surface area contributed by atoms with Gasteiger partial charge in [-0.25, -0.2) is 18.1 Å². The second-order valence-corrected chi connectivity index (χ2v) is 7.92. The Bertz CT molecular complexity index is 861. The van der Waals surface area contributed by atoms with Gasteiger partial charge in [0.2, 0.25) is 10.0 Å². The molecule has 1 atom stereocenters. The summed E-state index contributed by atoms with van der Waals surface area (Å²) in [6.07, 6.45) is -0.661. The number of hydrogen-bond acceptors (Lipinski definition) is 6. The van der Waals surface area contributed by atoms with Crippen LogP contribution >= 0.6 is 11.3 Å². The number of sulfonamides is 1. The Kier molecular flexibility index (Phi) is 4.09. The minimum absolute atomic E-state index is 0.0755. The average Bonchev–Trinajstić information content (AvgIpc) is 2.92. The minimum Gasteiger partial charge on any atom is -0.479 e. The number of thiazole rings is 1. The van der Waals surface area contributed by atoms with Gasteiger partial charge in [0.15, 0.2) is 6.10 Å². The molecule has 1 aliphatic rings. The van der Waals surface area contributed by atoms with Crippen molar-refractivity contribution < 1.29 is 17.9 Å². The monoisotopic (exact) mass is 353 g/mol. The number of hydrogen-bond donors (Lipinski definition) is 2. The van der Waals surface area contributed by atoms with Crippen LogP contribution in [0, 0.1) is 6.92 Å². The number of fused-ring (bicyclic) bond motifs is 1. The molecule has 0 saturated carbocycles. The summed E-state index contributed by atoms with van der Waals surface area (Å²) in [6.45, 7) is 3.58. The summed E-state index contributed by atoms with van der Waals surface area (Å²) in [5, 5.41) is 5.35. The molecular formula is C14H15N3O4S2. The van der Waals surface area contributed by atoms with E-state index in [4.69, 9.17) is 4.74 Å². The number of nitrogens with one attached hydrogen (secondary N) is 2. The normalized spacial score (nSPS) is 17.3. The van der Waals surface area contributed by atoms with Gasteiger partial charge in [0.05, 0.1) is 27.8 Å². The van der Waals surface area contributed by atoms with Gasteiger partial charge < -0.3 is 10.1 Å². The van der Waals surface area contributed by atoms with Crippen molar-refractivity contribution in [3.63, 3.8) is 0 Å². The summed E-state index contributed by atoms with van der Waals surface area (Å²) in [4.78, 5) is 15.8. The van der Waals surface area contributed by atoms with Gasteiger partial charge >= 0.3 is 0 Å². The predicted octanol–water partition coefficient (Wildman–Crippen LogP) is 1.65. The van der Waals surface area contributed by atoms with E-state index in [0.29, 0.717) is 17.1 Å². The van der Waals surface area contributed by atoms with Crippen molar-refractivity contribution in [2.24, 2.45) is 0 Å². The molecule has 2 aromatic rings. The molecule has 0 aliphatic carbocycles. The molecule has 0 radical (unpaired) electrons. The molecule has 0 spiro atoms. The van der Waals surface area contributed by atoms with E-state index < -0.39 is 16.1 Å². The second-order valence-electron chi connectivity index (χ2n) is 5.09. The molecule has 0 unspecified atom stereocenters. The molecule has 0 bridgehead atoms. The minimum atomic E-state index is -3.69. The molecule has 2 heterocycles. The first-order valence-corrected chi connectivity index (χ1v) is 9.24. The first-order chi connectivity index (χ1) is 10.8. The third-order valence-electron chi connectivity index (χ3n) is 3.30. The number of anilines is 1. The molecule has 1 aromatic heterocycles. The fourth-order valence-corrected chi connectivity index (χ4v) is 3.72. The van der Waals surface area contributed by atoms with Gasteiger partial charge in [0, 0.05) is 11.4 Å². The molecule has 0 saturated heterocycles. The summed E-state index contributed by atoms with van der Waals surface area (Å²) in [5.74, 6) is 0.0783. The lowest BCUT2D eigenvalue weighted by Gasteiger charge is -2.23. The molecule has 7 nitrogen and oxygen atoms in total. The Labute approximate surface area is 137 Å². The third kappa shape index (κ3) is 3.36. The van der Waals surface area contributed by atoms with Crippen LogP contribution in [0.4, 0.5) is 5.69 Å². The van der Waals surface area contributed by atoms with E-state index in [0.717, 1.165) is 5.01 Å². The first-order valence-electron chi connectivity index (χ1n) is 6.87. The number of ether oxygens (including phenoxy) is 1. The van der Waals surface area contributed by atoms with Crippen LogP contribution in [0.2, 0.25) is 0 Å². The zero-order valence-corrected chi connectivity index (χ0v) is 14.1. The van der Waals surface area contributed by atoms with Crippen molar-refractivity contribution in [3.8, 4) is 5.75 Å². The smallest absolute Gasteiger partial charge is 0.265 e. The van der Waals surface area contributed by atoms with Crippen LogP contribution in [0.3, 0.4) is 0 Å². The van der Waals surface area contributed by atoms with Gasteiger partial charge in [-0.1, -0.05) is 0 Å². The molecular weight excluding hydrogens is 338 g/mol. The van der Waals surface area contributed by atoms with E-state index in [-0.39, 0.29) is 17.3 Å². The first kappa shape index (κ1) is 15.9. The summed E-state index contributed by atoms with van der Waals surface area (Å²) in [7, 11) is -3.69. The van der Waals surface area contributed by atoms with Crippen LogP contribution in [0.25, 0.3) is 0 Å². The number of rotatable bonds is 4. The lowest BCUT2D eigenvalue weighted by molar-refractivity contribution is -0.122. The van der Waals surface area contributed by atoms with E-state index in [9.17, 15) is 13.2 Å². The van der Waals surface area contributed by atoms with Gasteiger partial charge in [-0.05, 0) is 26.0 Å². The largest absolute Gasteiger partial charge is 0.479 e. The topological polar surface area (TPSA) is 97.4 Å². The number of aromatic nitrogens is 1. The number of aryl methyl sites for hydroxylation is 1. The van der Waals surface area contributed by atoms with Crippen LogP contribution in [0.5, 0.6) is 5.75 Å². The summed E-state index contributed by atoms with van der Waals surface area (Å²) < 4.78 is 32.7. The number of benzene rings is 1. The van der Waals surface area contributed by atoms with Gasteiger partial charge in [-0.3, -0.25) is 4.79 Å². The van der Waals surface area contributed by atoms with Crippen molar-refractivity contribution in [1.29, 1.82) is 0 Å². The maximum Gasteiger partial charge on any atom is 0.265 e. The molecule has 23 heavy (non-hydrogen) atoms. The average molecular weight is 353 g/mol. The highest BCUT2D eigenvalue weighted by molar-refractivity contribution is 7.89. The Morgan fingerprint density at radius 1 is 1.43 bits per heavy atom. The van der Waals surface area contributed by atoms with Gasteiger partial charge in [-0.15, -0.1) is 11.3 Å². The Morgan fingerprint density at radius 3 is 2.91 bits per heavy atom. The molecule has 3 rings (SSSR count). The van der Waals surface area contributed by atoms with Crippen molar-refractivity contribution >= 4 is 33.0 Å². The molecule has 1 amide bonds. The van der Waals surface area contributed by atoms with Crippen LogP contribution < -0.4 is 14.8 Å². The quantitative estimate of drug-likeness (QED) is 0.871. The highest BCUT2D eigenvalue weighted by atomic mass is 32.2. The zero-order chi connectivity index (χ0) is 16.6. The zero-order valence-electron chi connectivity index (χ0n) is 12.5. The number of carbonyl (C=O) groups excluding carboxylic acids is 1. The highest BCUT2D eigenvalue weighted by Crippen LogP contribution is 2.31. The summed E-state index contributed by atoms with van der Waals surface area (Å²) in [5.41, 5.74) is 1.13. The number of nitrogens with zero attached hydrogens (tertiary/aromatic N) is 1. The van der Waals surface area contributed by atoms with Gasteiger partial charge in [0.25, 0.3) is 5.91 Å². The van der Waals surface area contributed by atoms with Gasteiger partial charge in [0.1, 0.15) is 5.75 Å². The second kappa shape index (κ2) is 5.91. The van der Waals surface area contributed by atoms with Crippen LogP contribution in [0.1, 0.15) is 17.6 Å². The summed E-state index contributed by atoms with van der Waals surface area (Å²) in [6, 6.07) is 4.34.